The molecule has 2 heterocycles. The van der Waals surface area contributed by atoms with Crippen LogP contribution in [0.5, 0.6) is 0 Å². The van der Waals surface area contributed by atoms with Crippen LogP contribution in [0.1, 0.15) is 11.1 Å². The number of fused-ring (bicyclic) bond motifs is 2. The van der Waals surface area contributed by atoms with Gasteiger partial charge in [0.1, 0.15) is 11.4 Å². The van der Waals surface area contributed by atoms with E-state index in [0.29, 0.717) is 32.6 Å². The number of benzene rings is 4. The molecule has 0 bridgehead atoms. The fourth-order valence-electron chi connectivity index (χ4n) is 3.77. The van der Waals surface area contributed by atoms with Crippen molar-refractivity contribution in [1.82, 2.24) is 0 Å². The number of anilines is 2. The van der Waals surface area contributed by atoms with E-state index < -0.39 is 0 Å². The van der Waals surface area contributed by atoms with Gasteiger partial charge in [0, 0.05) is 43.6 Å². The summed E-state index contributed by atoms with van der Waals surface area (Å²) >= 11 is 10.4. The van der Waals surface area contributed by atoms with E-state index in [1.54, 1.807) is 12.1 Å². The Balaban J connectivity index is 0.000000254. The average molecular weight is 635 g/mol. The Bertz CT molecular complexity index is 1460. The van der Waals surface area contributed by atoms with Crippen molar-refractivity contribution in [3.8, 4) is 0 Å². The van der Waals surface area contributed by atoms with Crippen LogP contribution in [0.4, 0.5) is 22.7 Å². The molecule has 2 aliphatic heterocycles. The molecule has 0 spiro atoms. The minimum absolute atomic E-state index is 0. The third-order valence-electron chi connectivity index (χ3n) is 5.49. The van der Waals surface area contributed by atoms with Gasteiger partial charge in [-0.15, -0.1) is 9.79 Å². The van der Waals surface area contributed by atoms with Gasteiger partial charge in [-0.3, -0.25) is 9.59 Å². The van der Waals surface area contributed by atoms with Gasteiger partial charge in [-0.25, -0.2) is 9.98 Å². The third-order valence-corrected chi connectivity index (χ3v) is 6.18. The first kappa shape index (κ1) is 31.4. The van der Waals surface area contributed by atoms with Crippen LogP contribution in [0.15, 0.2) is 117 Å². The summed E-state index contributed by atoms with van der Waals surface area (Å²) in [6.07, 6.45) is 0. The molecule has 4 aromatic rings. The van der Waals surface area contributed by atoms with E-state index in [1.165, 1.54) is 0 Å². The zero-order valence-corrected chi connectivity index (χ0v) is 23.6. The predicted molar refractivity (Wildman–Crippen MR) is 148 cm³/mol. The summed E-state index contributed by atoms with van der Waals surface area (Å²) in [5.41, 5.74) is 5.36. The van der Waals surface area contributed by atoms with Crippen LogP contribution in [0.3, 0.4) is 0 Å². The molecule has 39 heavy (non-hydrogen) atoms. The molecular weight excluding hydrogens is 616 g/mol. The van der Waals surface area contributed by atoms with E-state index >= 15 is 0 Å². The number of carbonyl (C=O) groups is 2. The second kappa shape index (κ2) is 13.8. The van der Waals surface area contributed by atoms with Crippen LogP contribution in [0, 0.1) is 0 Å². The van der Waals surface area contributed by atoms with Gasteiger partial charge in [0.15, 0.2) is 0 Å². The standard InChI is InChI=1S/2C14H10N2OS.Mo.2O/c2*17-14-13(9-5-1-2-6-10(9)16-14)15-11-7-3-4-8-12(11)18;;;/h2*1-8,18H,(H,15,16,17);;;/q;;;2*-2/p-2. The number of carbonyl (C=O) groups excluding carboxylic acids is 2. The molecule has 2 N–H and O–H groups in total. The van der Waals surface area contributed by atoms with Crippen molar-refractivity contribution in [2.75, 3.05) is 10.6 Å². The minimum Gasteiger partial charge on any atom is -2.00 e. The molecule has 8 nitrogen and oxygen atoms in total. The van der Waals surface area contributed by atoms with Gasteiger partial charge in [0.05, 0.1) is 11.4 Å². The maximum atomic E-state index is 11.9. The monoisotopic (exact) mass is 636 g/mol. The second-order valence-electron chi connectivity index (χ2n) is 7.86. The zero-order valence-electron chi connectivity index (χ0n) is 20.0. The van der Waals surface area contributed by atoms with Gasteiger partial charge >= 0.3 is 0 Å². The van der Waals surface area contributed by atoms with Crippen LogP contribution in [-0.4, -0.2) is 23.2 Å². The van der Waals surface area contributed by atoms with E-state index in [0.717, 1.165) is 22.5 Å². The van der Waals surface area contributed by atoms with Crippen LogP contribution in [-0.2, 0) is 66.9 Å². The third kappa shape index (κ3) is 6.81. The average Bonchev–Trinajstić information content (AvgIpc) is 3.37. The number of nitrogens with one attached hydrogen (secondary N) is 2. The summed E-state index contributed by atoms with van der Waals surface area (Å²) in [6.45, 7) is 0. The van der Waals surface area contributed by atoms with Crippen molar-refractivity contribution in [2.24, 2.45) is 9.98 Å². The molecule has 4 aromatic carbocycles. The Morgan fingerprint density at radius 1 is 0.513 bits per heavy atom. The maximum absolute atomic E-state index is 11.9. The molecule has 0 saturated heterocycles. The number of aliphatic imine (C=N–C) groups is 2. The Morgan fingerprint density at radius 2 is 0.846 bits per heavy atom. The van der Waals surface area contributed by atoms with Gasteiger partial charge in [-0.1, -0.05) is 72.8 Å². The van der Waals surface area contributed by atoms with Gasteiger partial charge in [0.2, 0.25) is 0 Å². The van der Waals surface area contributed by atoms with E-state index in [-0.39, 0.29) is 43.8 Å². The van der Waals surface area contributed by atoms with Gasteiger partial charge in [0.25, 0.3) is 11.8 Å². The zero-order chi connectivity index (χ0) is 25.1. The van der Waals surface area contributed by atoms with Crippen LogP contribution in [0.25, 0.3) is 0 Å². The smallest absolute Gasteiger partial charge is 0.275 e. The fraction of sp³-hybridized carbons (Fsp3) is 0. The van der Waals surface area contributed by atoms with Crippen molar-refractivity contribution in [1.29, 1.82) is 0 Å². The number of nitrogens with zero attached hydrogens (tertiary/aromatic N) is 2. The van der Waals surface area contributed by atoms with Crippen molar-refractivity contribution in [3.05, 3.63) is 108 Å². The molecule has 0 atom stereocenters. The predicted octanol–water partition coefficient (Wildman–Crippen LogP) is 5.09. The quantitative estimate of drug-likeness (QED) is 0.234. The van der Waals surface area contributed by atoms with E-state index in [4.69, 9.17) is 25.3 Å². The van der Waals surface area contributed by atoms with Gasteiger partial charge in [-0.2, -0.15) is 0 Å². The number of hydrogen-bond acceptors (Lipinski definition) is 6. The summed E-state index contributed by atoms with van der Waals surface area (Å²) in [7, 11) is 0. The normalized spacial score (nSPS) is 14.4. The largest absolute Gasteiger partial charge is 2.00 e. The van der Waals surface area contributed by atoms with E-state index in [2.05, 4.69) is 20.6 Å². The molecule has 0 radical (unpaired) electrons. The number of rotatable bonds is 2. The van der Waals surface area contributed by atoms with E-state index in [1.807, 2.05) is 84.9 Å². The molecule has 0 aliphatic carbocycles. The van der Waals surface area contributed by atoms with Gasteiger partial charge < -0.3 is 46.8 Å². The number of hydrogen-bond donors (Lipinski definition) is 2. The molecule has 0 aromatic heterocycles. The Labute approximate surface area is 250 Å². The molecule has 0 saturated carbocycles. The summed E-state index contributed by atoms with van der Waals surface area (Å²) in [5.74, 6) is -0.371. The molecule has 0 fully saturated rings. The summed E-state index contributed by atoms with van der Waals surface area (Å²) in [5, 5.41) is 5.57. The molecule has 198 valence electrons. The van der Waals surface area contributed by atoms with Gasteiger partial charge in [-0.05, 0) is 24.3 Å². The number of amides is 2. The van der Waals surface area contributed by atoms with Crippen molar-refractivity contribution in [3.63, 3.8) is 0 Å². The molecule has 11 heteroatoms. The van der Waals surface area contributed by atoms with Crippen molar-refractivity contribution < 1.29 is 41.6 Å². The van der Waals surface area contributed by atoms with Crippen LogP contribution >= 0.6 is 0 Å². The second-order valence-corrected chi connectivity index (χ2v) is 8.74. The van der Waals surface area contributed by atoms with Crippen LogP contribution < -0.4 is 10.6 Å². The molecule has 2 amide bonds. The minimum atomic E-state index is -0.186. The van der Waals surface area contributed by atoms with E-state index in [9.17, 15) is 9.59 Å². The first-order chi connectivity index (χ1) is 17.5. The first-order valence-corrected chi connectivity index (χ1v) is 11.8. The van der Waals surface area contributed by atoms with Crippen molar-refractivity contribution >= 4 is 71.2 Å². The molecular formula is C28H18MoN4O4S2-6. The summed E-state index contributed by atoms with van der Waals surface area (Å²) < 4.78 is 0. The Hall–Kier alpha value is -3.79. The van der Waals surface area contributed by atoms with Crippen LogP contribution in [0.2, 0.25) is 0 Å². The Morgan fingerprint density at radius 3 is 1.23 bits per heavy atom. The molecule has 0 unspecified atom stereocenters. The first-order valence-electron chi connectivity index (χ1n) is 11.0. The molecule has 2 aliphatic rings. The molecule has 6 rings (SSSR count). The van der Waals surface area contributed by atoms with Crippen molar-refractivity contribution in [2.45, 2.75) is 9.79 Å². The maximum Gasteiger partial charge on any atom is 0.275 e. The topological polar surface area (TPSA) is 140 Å². The fourth-order valence-corrected chi connectivity index (χ4v) is 4.15. The number of para-hydroxylation sites is 4. The summed E-state index contributed by atoms with van der Waals surface area (Å²) in [4.78, 5) is 33.8. The Kier molecular flexibility index (Phi) is 11.2. The summed E-state index contributed by atoms with van der Waals surface area (Å²) in [6, 6.07) is 29.6. The SMILES string of the molecule is O=C1Nc2ccccc2C1=Nc1ccccc1[S-].O=C1Nc2ccccc2C1=Nc1ccccc1[S-].[Mo].[O-2].[O-2].